The molecule has 0 spiro atoms. The highest BCUT2D eigenvalue weighted by Gasteiger charge is 2.29. The van der Waals surface area contributed by atoms with E-state index >= 15 is 8.78 Å². The second-order valence-corrected chi connectivity index (χ2v) is 14.2. The highest BCUT2D eigenvalue weighted by atomic mass is 19.2. The van der Waals surface area contributed by atoms with Crippen molar-refractivity contribution >= 4 is 5.57 Å². The standard InChI is InChI=1S/C44H55F3O/c1-3-5-7-8-9-10-12-30-48-42-29-28-40(43(46)44(42)47)37-24-20-35(21-25-37)38-26-27-39(41(45)31-38)36-22-18-34(19-23-36)33-16-14-32(15-17-33)13-11-6-4-2/h4,6,20-22,24-29,31-34H,3,5,7-19,23,30H2,1-2H3/b6-4+. The smallest absolute Gasteiger partial charge is 0.201 e. The van der Waals surface area contributed by atoms with Crippen molar-refractivity contribution in [2.24, 2.45) is 17.8 Å². The third kappa shape index (κ3) is 9.67. The summed E-state index contributed by atoms with van der Waals surface area (Å²) in [5.74, 6) is 0.305. The van der Waals surface area contributed by atoms with Crippen LogP contribution in [-0.2, 0) is 0 Å². The van der Waals surface area contributed by atoms with E-state index in [1.54, 1.807) is 24.3 Å². The molecule has 1 unspecified atom stereocenters. The van der Waals surface area contributed by atoms with Crippen LogP contribution in [0.25, 0.3) is 27.8 Å². The fraction of sp³-hybridized carbons (Fsp3) is 0.500. The van der Waals surface area contributed by atoms with Gasteiger partial charge in [0.25, 0.3) is 0 Å². The number of hydrogen-bond acceptors (Lipinski definition) is 1. The van der Waals surface area contributed by atoms with Crippen LogP contribution in [0.4, 0.5) is 13.2 Å². The fourth-order valence-electron chi connectivity index (χ4n) is 7.88. The van der Waals surface area contributed by atoms with Crippen LogP contribution in [0.2, 0.25) is 0 Å². The van der Waals surface area contributed by atoms with Crippen LogP contribution >= 0.6 is 0 Å². The van der Waals surface area contributed by atoms with Crippen LogP contribution in [-0.4, -0.2) is 6.61 Å². The molecule has 48 heavy (non-hydrogen) atoms. The maximum Gasteiger partial charge on any atom is 0.201 e. The molecule has 0 aromatic heterocycles. The summed E-state index contributed by atoms with van der Waals surface area (Å²) in [6, 6.07) is 15.8. The Kier molecular flexibility index (Phi) is 13.9. The van der Waals surface area contributed by atoms with Gasteiger partial charge in [0.05, 0.1) is 6.61 Å². The lowest BCUT2D eigenvalue weighted by Crippen LogP contribution is -2.23. The maximum atomic E-state index is 15.5. The molecule has 3 aromatic rings. The first kappa shape index (κ1) is 36.0. The Morgan fingerprint density at radius 2 is 1.40 bits per heavy atom. The highest BCUT2D eigenvalue weighted by molar-refractivity contribution is 5.74. The van der Waals surface area contributed by atoms with E-state index in [1.165, 1.54) is 70.3 Å². The minimum absolute atomic E-state index is 0.0450. The molecule has 0 saturated heterocycles. The SMILES string of the molecule is C/C=C/CCC1CCC(C2CC=C(c3ccc(-c4ccc(-c5ccc(OCCCCCCCCC)c(F)c5F)cc4)cc3F)CC2)CC1. The van der Waals surface area contributed by atoms with Crippen molar-refractivity contribution in [3.05, 3.63) is 95.8 Å². The lowest BCUT2D eigenvalue weighted by Gasteiger charge is -2.35. The first-order valence-electron chi connectivity index (χ1n) is 18.8. The van der Waals surface area contributed by atoms with Crippen LogP contribution < -0.4 is 4.74 Å². The topological polar surface area (TPSA) is 9.23 Å². The molecule has 5 rings (SSSR count). The largest absolute Gasteiger partial charge is 0.490 e. The van der Waals surface area contributed by atoms with Crippen LogP contribution in [0.1, 0.15) is 122 Å². The molecule has 0 heterocycles. The first-order valence-corrected chi connectivity index (χ1v) is 18.8. The average molecular weight is 657 g/mol. The van der Waals surface area contributed by atoms with Crippen LogP contribution in [0.15, 0.2) is 72.8 Å². The van der Waals surface area contributed by atoms with E-state index in [0.29, 0.717) is 17.7 Å². The summed E-state index contributed by atoms with van der Waals surface area (Å²) in [6.07, 6.45) is 25.8. The van der Waals surface area contributed by atoms with Crippen molar-refractivity contribution in [1.29, 1.82) is 0 Å². The summed E-state index contributed by atoms with van der Waals surface area (Å²) in [5, 5.41) is 0. The Labute approximate surface area is 287 Å². The normalized spacial score (nSPS) is 19.9. The van der Waals surface area contributed by atoms with Crippen molar-refractivity contribution in [1.82, 2.24) is 0 Å². The average Bonchev–Trinajstić information content (AvgIpc) is 3.12. The van der Waals surface area contributed by atoms with E-state index in [2.05, 4.69) is 32.1 Å². The predicted octanol–water partition coefficient (Wildman–Crippen LogP) is 13.9. The Morgan fingerprint density at radius 3 is 2.08 bits per heavy atom. The zero-order valence-corrected chi connectivity index (χ0v) is 29.2. The minimum atomic E-state index is -0.955. The zero-order chi connectivity index (χ0) is 33.7. The molecule has 0 radical (unpaired) electrons. The lowest BCUT2D eigenvalue weighted by atomic mass is 9.70. The molecule has 1 atom stereocenters. The van der Waals surface area contributed by atoms with Gasteiger partial charge >= 0.3 is 0 Å². The van der Waals surface area contributed by atoms with Gasteiger partial charge in [-0.05, 0) is 117 Å². The third-order valence-electron chi connectivity index (χ3n) is 10.9. The molecule has 2 aliphatic rings. The van der Waals surface area contributed by atoms with Crippen LogP contribution in [0.3, 0.4) is 0 Å². The van der Waals surface area contributed by atoms with Gasteiger partial charge in [-0.2, -0.15) is 4.39 Å². The first-order chi connectivity index (χ1) is 23.5. The number of allylic oxidation sites excluding steroid dienone is 4. The lowest BCUT2D eigenvalue weighted by molar-refractivity contribution is 0.190. The molecule has 0 amide bonds. The minimum Gasteiger partial charge on any atom is -0.490 e. The molecule has 0 N–H and O–H groups in total. The second kappa shape index (κ2) is 18.5. The molecule has 1 fully saturated rings. The summed E-state index contributed by atoms with van der Waals surface area (Å²) in [5.41, 5.74) is 4.17. The molecule has 3 aromatic carbocycles. The molecule has 0 bridgehead atoms. The van der Waals surface area contributed by atoms with E-state index in [4.69, 9.17) is 4.74 Å². The Balaban J connectivity index is 1.14. The van der Waals surface area contributed by atoms with Crippen molar-refractivity contribution in [3.63, 3.8) is 0 Å². The van der Waals surface area contributed by atoms with Gasteiger partial charge in [0.15, 0.2) is 11.6 Å². The van der Waals surface area contributed by atoms with Gasteiger partial charge in [-0.3, -0.25) is 0 Å². The summed E-state index contributed by atoms with van der Waals surface area (Å²) >= 11 is 0. The number of rotatable bonds is 16. The molecule has 1 nitrogen and oxygen atoms in total. The van der Waals surface area contributed by atoms with Crippen molar-refractivity contribution < 1.29 is 17.9 Å². The number of ether oxygens (including phenoxy) is 1. The van der Waals surface area contributed by atoms with Gasteiger partial charge in [-0.1, -0.05) is 113 Å². The summed E-state index contributed by atoms with van der Waals surface area (Å²) < 4.78 is 51.0. The van der Waals surface area contributed by atoms with Crippen molar-refractivity contribution in [2.45, 2.75) is 117 Å². The van der Waals surface area contributed by atoms with Gasteiger partial charge in [-0.15, -0.1) is 0 Å². The van der Waals surface area contributed by atoms with Crippen LogP contribution in [0.5, 0.6) is 5.75 Å². The van der Waals surface area contributed by atoms with E-state index in [9.17, 15) is 4.39 Å². The number of benzene rings is 3. The van der Waals surface area contributed by atoms with Gasteiger partial charge < -0.3 is 4.74 Å². The zero-order valence-electron chi connectivity index (χ0n) is 29.2. The maximum absolute atomic E-state index is 15.5. The number of unbranched alkanes of at least 4 members (excludes halogenated alkanes) is 6. The Bertz CT molecular complexity index is 1500. The summed E-state index contributed by atoms with van der Waals surface area (Å²) in [4.78, 5) is 0. The number of hydrogen-bond donors (Lipinski definition) is 0. The summed E-state index contributed by atoms with van der Waals surface area (Å²) in [7, 11) is 0. The van der Waals surface area contributed by atoms with Gasteiger partial charge in [0.1, 0.15) is 5.82 Å². The van der Waals surface area contributed by atoms with Crippen molar-refractivity contribution in [2.75, 3.05) is 6.61 Å². The molecule has 4 heteroatoms. The van der Waals surface area contributed by atoms with E-state index in [-0.39, 0.29) is 17.1 Å². The molecule has 2 aliphatic carbocycles. The van der Waals surface area contributed by atoms with Gasteiger partial charge in [-0.25, -0.2) is 8.78 Å². The summed E-state index contributed by atoms with van der Waals surface area (Å²) in [6.45, 7) is 4.68. The molecule has 0 aliphatic heterocycles. The predicted molar refractivity (Wildman–Crippen MR) is 195 cm³/mol. The third-order valence-corrected chi connectivity index (χ3v) is 10.9. The molecule has 258 valence electrons. The highest BCUT2D eigenvalue weighted by Crippen LogP contribution is 2.43. The van der Waals surface area contributed by atoms with Crippen LogP contribution in [0, 0.1) is 35.2 Å². The molecular weight excluding hydrogens is 601 g/mol. The van der Waals surface area contributed by atoms with E-state index in [0.717, 1.165) is 73.0 Å². The van der Waals surface area contributed by atoms with Crippen molar-refractivity contribution in [3.8, 4) is 28.0 Å². The van der Waals surface area contributed by atoms with Gasteiger partial charge in [0, 0.05) is 11.1 Å². The monoisotopic (exact) mass is 656 g/mol. The van der Waals surface area contributed by atoms with E-state index < -0.39 is 11.6 Å². The number of halogens is 3. The fourth-order valence-corrected chi connectivity index (χ4v) is 7.88. The quantitative estimate of drug-likeness (QED) is 0.110. The Hall–Kier alpha value is -3.27. The molecule has 1 saturated carbocycles. The molecular formula is C44H55F3O. The van der Waals surface area contributed by atoms with Gasteiger partial charge in [0.2, 0.25) is 5.82 Å². The van der Waals surface area contributed by atoms with E-state index in [1.807, 2.05) is 24.3 Å². The second-order valence-electron chi connectivity index (χ2n) is 14.2. The Morgan fingerprint density at radius 1 is 0.708 bits per heavy atom.